The van der Waals surface area contributed by atoms with Gasteiger partial charge in [0.2, 0.25) is 0 Å². The Kier molecular flexibility index (Phi) is 3.07. The second-order valence-corrected chi connectivity index (χ2v) is 7.49. The van der Waals surface area contributed by atoms with Crippen molar-refractivity contribution in [2.24, 2.45) is 0 Å². The lowest BCUT2D eigenvalue weighted by molar-refractivity contribution is 0.666. The molecule has 1 fully saturated rings. The average molecular weight is 378 g/mol. The fourth-order valence-electron chi connectivity index (χ4n) is 3.37. The van der Waals surface area contributed by atoms with E-state index in [1.165, 1.54) is 29.7 Å². The molecule has 1 aliphatic carbocycles. The number of benzene rings is 2. The van der Waals surface area contributed by atoms with Crippen LogP contribution in [-0.4, -0.2) is 4.98 Å². The Morgan fingerprint density at radius 1 is 1.04 bits per heavy atom. The minimum atomic E-state index is 0.607. The normalized spacial score (nSPS) is 14.6. The molecule has 24 heavy (non-hydrogen) atoms. The lowest BCUT2D eigenvalue weighted by Gasteiger charge is -2.05. The highest BCUT2D eigenvalue weighted by Crippen LogP contribution is 2.44. The van der Waals surface area contributed by atoms with E-state index in [1.807, 2.05) is 6.07 Å². The van der Waals surface area contributed by atoms with Crippen molar-refractivity contribution in [3.8, 4) is 11.1 Å². The van der Waals surface area contributed by atoms with Crippen LogP contribution in [0.4, 0.5) is 0 Å². The van der Waals surface area contributed by atoms with Crippen molar-refractivity contribution in [3.05, 3.63) is 64.3 Å². The Hall–Kier alpha value is -2.13. The van der Waals surface area contributed by atoms with Crippen molar-refractivity contribution in [1.29, 1.82) is 0 Å². The Bertz CT molecular complexity index is 1080. The zero-order valence-corrected chi connectivity index (χ0v) is 14.9. The van der Waals surface area contributed by atoms with E-state index in [2.05, 4.69) is 65.3 Å². The van der Waals surface area contributed by atoms with Crippen LogP contribution < -0.4 is 0 Å². The van der Waals surface area contributed by atoms with Crippen LogP contribution >= 0.6 is 15.9 Å². The molecule has 0 N–H and O–H groups in total. The number of furan rings is 1. The number of rotatable bonds is 2. The predicted octanol–water partition coefficient (Wildman–Crippen LogP) is 6.60. The standard InChI is InChI=1S/C21H16BrNO/c1-12-9-16-19-21(24-20(16)17(22)10-12)15(13-5-3-2-4-6-13)11-18(23-19)14-7-8-14/h2-6,9-11,14H,7-8H2,1H3. The number of hydrogen-bond acceptors (Lipinski definition) is 2. The highest BCUT2D eigenvalue weighted by molar-refractivity contribution is 9.10. The number of pyridine rings is 1. The van der Waals surface area contributed by atoms with Gasteiger partial charge in [0, 0.05) is 22.6 Å². The van der Waals surface area contributed by atoms with Gasteiger partial charge in [-0.1, -0.05) is 30.3 Å². The van der Waals surface area contributed by atoms with Crippen LogP contribution in [-0.2, 0) is 0 Å². The van der Waals surface area contributed by atoms with Crippen molar-refractivity contribution in [2.45, 2.75) is 25.7 Å². The van der Waals surface area contributed by atoms with Gasteiger partial charge in [-0.2, -0.15) is 0 Å². The quantitative estimate of drug-likeness (QED) is 0.393. The van der Waals surface area contributed by atoms with E-state index >= 15 is 0 Å². The fraction of sp³-hybridized carbons (Fsp3) is 0.190. The van der Waals surface area contributed by atoms with Crippen molar-refractivity contribution in [1.82, 2.24) is 4.98 Å². The lowest BCUT2D eigenvalue weighted by atomic mass is 10.0. The largest absolute Gasteiger partial charge is 0.453 e. The maximum absolute atomic E-state index is 6.27. The monoisotopic (exact) mass is 377 g/mol. The molecular weight excluding hydrogens is 362 g/mol. The minimum absolute atomic E-state index is 0.607. The Morgan fingerprint density at radius 3 is 2.58 bits per heavy atom. The molecule has 1 aliphatic rings. The van der Waals surface area contributed by atoms with E-state index in [4.69, 9.17) is 9.40 Å². The van der Waals surface area contributed by atoms with Crippen molar-refractivity contribution in [3.63, 3.8) is 0 Å². The summed E-state index contributed by atoms with van der Waals surface area (Å²) in [6.45, 7) is 2.10. The molecule has 0 saturated heterocycles. The molecule has 118 valence electrons. The summed E-state index contributed by atoms with van der Waals surface area (Å²) in [5.74, 6) is 0.607. The zero-order chi connectivity index (χ0) is 16.3. The van der Waals surface area contributed by atoms with Crippen LogP contribution in [0.2, 0.25) is 0 Å². The van der Waals surface area contributed by atoms with Crippen LogP contribution in [0.25, 0.3) is 33.2 Å². The molecule has 4 aromatic rings. The maximum atomic E-state index is 6.27. The molecule has 0 spiro atoms. The zero-order valence-electron chi connectivity index (χ0n) is 13.3. The van der Waals surface area contributed by atoms with Gasteiger partial charge in [-0.3, -0.25) is 0 Å². The topological polar surface area (TPSA) is 26.0 Å². The summed E-state index contributed by atoms with van der Waals surface area (Å²) in [6.07, 6.45) is 2.48. The summed E-state index contributed by atoms with van der Waals surface area (Å²) in [5.41, 5.74) is 7.47. The van der Waals surface area contributed by atoms with E-state index < -0.39 is 0 Å². The second kappa shape index (κ2) is 5.18. The first-order valence-corrected chi connectivity index (χ1v) is 9.09. The van der Waals surface area contributed by atoms with Gasteiger partial charge in [-0.05, 0) is 65.0 Å². The summed E-state index contributed by atoms with van der Waals surface area (Å²) in [6, 6.07) is 16.9. The summed E-state index contributed by atoms with van der Waals surface area (Å²) in [4.78, 5) is 4.98. The number of nitrogens with zero attached hydrogens (tertiary/aromatic N) is 1. The molecule has 2 heterocycles. The van der Waals surface area contributed by atoms with E-state index in [0.29, 0.717) is 5.92 Å². The Labute approximate surface area is 148 Å². The molecule has 2 nitrogen and oxygen atoms in total. The summed E-state index contributed by atoms with van der Waals surface area (Å²) in [5, 5.41) is 1.09. The van der Waals surface area contributed by atoms with Crippen LogP contribution in [0.15, 0.2) is 57.4 Å². The molecule has 2 aromatic heterocycles. The van der Waals surface area contributed by atoms with Gasteiger partial charge >= 0.3 is 0 Å². The molecule has 5 rings (SSSR count). The third kappa shape index (κ3) is 2.19. The van der Waals surface area contributed by atoms with Gasteiger partial charge in [0.1, 0.15) is 5.52 Å². The summed E-state index contributed by atoms with van der Waals surface area (Å²) in [7, 11) is 0. The van der Waals surface area contributed by atoms with E-state index in [1.54, 1.807) is 0 Å². The Balaban J connectivity index is 1.92. The predicted molar refractivity (Wildman–Crippen MR) is 101 cm³/mol. The van der Waals surface area contributed by atoms with E-state index in [0.717, 1.165) is 32.1 Å². The third-order valence-electron chi connectivity index (χ3n) is 4.72. The SMILES string of the molecule is Cc1cc(Br)c2oc3c(-c4ccccc4)cc(C4CC4)nc3c2c1. The number of aryl methyl sites for hydroxylation is 1. The first-order chi connectivity index (χ1) is 11.7. The van der Waals surface area contributed by atoms with Crippen molar-refractivity contribution < 1.29 is 4.42 Å². The molecule has 2 aromatic carbocycles. The molecule has 1 saturated carbocycles. The van der Waals surface area contributed by atoms with Gasteiger partial charge in [-0.15, -0.1) is 0 Å². The smallest absolute Gasteiger partial charge is 0.161 e. The molecule has 0 aliphatic heterocycles. The molecule has 3 heteroatoms. The molecule has 0 bridgehead atoms. The van der Waals surface area contributed by atoms with Crippen LogP contribution in [0.3, 0.4) is 0 Å². The van der Waals surface area contributed by atoms with Crippen LogP contribution in [0, 0.1) is 6.92 Å². The van der Waals surface area contributed by atoms with Gasteiger partial charge in [0.25, 0.3) is 0 Å². The first-order valence-electron chi connectivity index (χ1n) is 8.29. The molecule has 0 unspecified atom stereocenters. The average Bonchev–Trinajstić information content (AvgIpc) is 3.37. The summed E-state index contributed by atoms with van der Waals surface area (Å²) < 4.78 is 7.26. The first kappa shape index (κ1) is 14.2. The summed E-state index contributed by atoms with van der Waals surface area (Å²) >= 11 is 3.64. The fourth-order valence-corrected chi connectivity index (χ4v) is 4.03. The highest BCUT2D eigenvalue weighted by Gasteiger charge is 2.27. The minimum Gasteiger partial charge on any atom is -0.453 e. The number of hydrogen-bond donors (Lipinski definition) is 0. The van der Waals surface area contributed by atoms with Crippen LogP contribution in [0.5, 0.6) is 0 Å². The van der Waals surface area contributed by atoms with Gasteiger partial charge in [0.05, 0.1) is 4.47 Å². The van der Waals surface area contributed by atoms with E-state index in [9.17, 15) is 0 Å². The molecule has 0 radical (unpaired) electrons. The van der Waals surface area contributed by atoms with Gasteiger partial charge in [-0.25, -0.2) is 4.98 Å². The molecule has 0 atom stereocenters. The number of aromatic nitrogens is 1. The highest BCUT2D eigenvalue weighted by atomic mass is 79.9. The second-order valence-electron chi connectivity index (χ2n) is 6.64. The Morgan fingerprint density at radius 2 is 1.83 bits per heavy atom. The number of fused-ring (bicyclic) bond motifs is 3. The third-order valence-corrected chi connectivity index (χ3v) is 5.31. The maximum Gasteiger partial charge on any atom is 0.161 e. The number of halogens is 1. The van der Waals surface area contributed by atoms with E-state index in [-0.39, 0.29) is 0 Å². The molecule has 0 amide bonds. The van der Waals surface area contributed by atoms with Crippen LogP contribution in [0.1, 0.15) is 30.0 Å². The molecular formula is C21H16BrNO. The van der Waals surface area contributed by atoms with Crippen molar-refractivity contribution in [2.75, 3.05) is 0 Å². The van der Waals surface area contributed by atoms with Gasteiger partial charge in [0.15, 0.2) is 11.2 Å². The van der Waals surface area contributed by atoms with Gasteiger partial charge < -0.3 is 4.42 Å². The lowest BCUT2D eigenvalue weighted by Crippen LogP contribution is -1.90. The van der Waals surface area contributed by atoms with Crippen molar-refractivity contribution >= 4 is 38.0 Å².